The molecule has 0 unspecified atom stereocenters. The van der Waals surface area contributed by atoms with E-state index in [1.54, 1.807) is 0 Å². The lowest BCUT2D eigenvalue weighted by Crippen LogP contribution is -2.07. The lowest BCUT2D eigenvalue weighted by Gasteiger charge is -1.69. The maximum absolute atomic E-state index is 7.17. The van der Waals surface area contributed by atoms with Gasteiger partial charge in [0.05, 0.1) is 0 Å². The number of hydrogen-bond acceptors (Lipinski definition) is 6. The van der Waals surface area contributed by atoms with Crippen LogP contribution in [-0.2, 0) is 0 Å². The molecule has 0 radical (unpaired) electrons. The van der Waals surface area contributed by atoms with Gasteiger partial charge in [-0.1, -0.05) is 36.4 Å². The normalized spacial score (nSPS) is 7.29. The summed E-state index contributed by atoms with van der Waals surface area (Å²) in [5, 5.41) is 43.0. The third-order valence-electron chi connectivity index (χ3n) is 0.667. The van der Waals surface area contributed by atoms with Gasteiger partial charge < -0.3 is 30.1 Å². The smallest absolute Gasteiger partial charge is 0.402 e. The molecule has 0 saturated carbocycles. The molecule has 0 aliphatic rings. The van der Waals surface area contributed by atoms with Crippen molar-refractivity contribution >= 4 is 14.6 Å². The highest BCUT2D eigenvalue weighted by Crippen LogP contribution is 1.79. The predicted octanol–water partition coefficient (Wildman–Crippen LogP) is -2.42. The van der Waals surface area contributed by atoms with Crippen molar-refractivity contribution in [1.29, 1.82) is 0 Å². The van der Waals surface area contributed by atoms with Crippen molar-refractivity contribution in [1.82, 2.24) is 0 Å². The van der Waals surface area contributed by atoms with Crippen molar-refractivity contribution in [3.8, 4) is 0 Å². The van der Waals surface area contributed by atoms with Crippen molar-refractivity contribution in [3.63, 3.8) is 0 Å². The summed E-state index contributed by atoms with van der Waals surface area (Å²) in [7, 11) is -4.33. The van der Waals surface area contributed by atoms with Crippen molar-refractivity contribution in [2.75, 3.05) is 0 Å². The molecule has 78 valence electrons. The van der Waals surface area contributed by atoms with Gasteiger partial charge in [0.15, 0.2) is 0 Å². The van der Waals surface area contributed by atoms with Gasteiger partial charge >= 0.3 is 14.6 Å². The Balaban J connectivity index is 0. The van der Waals surface area contributed by atoms with Crippen LogP contribution in [-0.4, -0.2) is 44.8 Å². The van der Waals surface area contributed by atoms with E-state index in [-0.39, 0.29) is 0 Å². The highest BCUT2D eigenvalue weighted by Gasteiger charge is 1.93. The molecule has 1 rings (SSSR count). The van der Waals surface area contributed by atoms with E-state index in [0.29, 0.717) is 0 Å². The maximum Gasteiger partial charge on any atom is 0.631 e. The standard InChI is InChI=1S/C6H6.2BH3O3/c1-2-4-6-5-3-1;2*2-1(3)4/h1-6H;2*2-4H. The minimum atomic E-state index is -2.17. The van der Waals surface area contributed by atoms with Gasteiger partial charge in [-0.3, -0.25) is 0 Å². The van der Waals surface area contributed by atoms with Gasteiger partial charge in [-0.25, -0.2) is 0 Å². The zero-order valence-corrected chi connectivity index (χ0v) is 7.30. The molecule has 0 aliphatic heterocycles. The summed E-state index contributed by atoms with van der Waals surface area (Å²) < 4.78 is 0. The van der Waals surface area contributed by atoms with E-state index in [1.807, 2.05) is 36.4 Å². The molecule has 0 amide bonds. The topological polar surface area (TPSA) is 121 Å². The van der Waals surface area contributed by atoms with Gasteiger partial charge in [0.2, 0.25) is 0 Å². The van der Waals surface area contributed by atoms with E-state index in [2.05, 4.69) is 0 Å². The summed E-state index contributed by atoms with van der Waals surface area (Å²) in [6.07, 6.45) is 0. The first-order valence-electron chi connectivity index (χ1n) is 3.55. The molecule has 6 N–H and O–H groups in total. The Morgan fingerprint density at radius 1 is 0.429 bits per heavy atom. The molecule has 6 nitrogen and oxygen atoms in total. The average molecular weight is 202 g/mol. The molecule has 8 heteroatoms. The van der Waals surface area contributed by atoms with Gasteiger partial charge in [-0.05, 0) is 0 Å². The van der Waals surface area contributed by atoms with Crippen molar-refractivity contribution < 1.29 is 30.1 Å². The van der Waals surface area contributed by atoms with Crippen LogP contribution in [0.2, 0.25) is 0 Å². The third-order valence-corrected chi connectivity index (χ3v) is 0.667. The second-order valence-electron chi connectivity index (χ2n) is 1.85. The van der Waals surface area contributed by atoms with Crippen LogP contribution in [0, 0.1) is 0 Å². The molecule has 0 atom stereocenters. The van der Waals surface area contributed by atoms with E-state index in [0.717, 1.165) is 0 Å². The second-order valence-corrected chi connectivity index (χ2v) is 1.85. The molecule has 0 aliphatic carbocycles. The second kappa shape index (κ2) is 12.1. The molecule has 1 aromatic carbocycles. The molecule has 0 aromatic heterocycles. The van der Waals surface area contributed by atoms with E-state index in [1.165, 1.54) is 0 Å². The van der Waals surface area contributed by atoms with E-state index < -0.39 is 14.6 Å². The SMILES string of the molecule is OB(O)O.OB(O)O.c1ccccc1. The van der Waals surface area contributed by atoms with Gasteiger partial charge in [0, 0.05) is 0 Å². The summed E-state index contributed by atoms with van der Waals surface area (Å²) >= 11 is 0. The summed E-state index contributed by atoms with van der Waals surface area (Å²) in [4.78, 5) is 0. The Labute approximate surface area is 82.1 Å². The van der Waals surface area contributed by atoms with Crippen LogP contribution < -0.4 is 0 Å². The molecule has 0 heterocycles. The highest BCUT2D eigenvalue weighted by molar-refractivity contribution is 6.30. The first-order chi connectivity index (χ1) is 6.46. The summed E-state index contributed by atoms with van der Waals surface area (Å²) in [6, 6.07) is 12.0. The Morgan fingerprint density at radius 3 is 0.571 bits per heavy atom. The minimum absolute atomic E-state index is 2.00. The van der Waals surface area contributed by atoms with Gasteiger partial charge in [0.1, 0.15) is 0 Å². The molecule has 14 heavy (non-hydrogen) atoms. The summed E-state index contributed by atoms with van der Waals surface area (Å²) in [5.74, 6) is 0. The molecule has 1 aromatic rings. The van der Waals surface area contributed by atoms with Crippen LogP contribution in [0.25, 0.3) is 0 Å². The fourth-order valence-corrected chi connectivity index (χ4v) is 0.385. The summed E-state index contributed by atoms with van der Waals surface area (Å²) in [5.41, 5.74) is 0. The highest BCUT2D eigenvalue weighted by atomic mass is 16.5. The average Bonchev–Trinajstić information content (AvgIpc) is 2.05. The fourth-order valence-electron chi connectivity index (χ4n) is 0.385. The van der Waals surface area contributed by atoms with E-state index in [4.69, 9.17) is 30.1 Å². The van der Waals surface area contributed by atoms with E-state index >= 15 is 0 Å². The van der Waals surface area contributed by atoms with Crippen LogP contribution in [0.4, 0.5) is 0 Å². The summed E-state index contributed by atoms with van der Waals surface area (Å²) in [6.45, 7) is 0. The Kier molecular flexibility index (Phi) is 13.5. The van der Waals surface area contributed by atoms with Crippen molar-refractivity contribution in [2.45, 2.75) is 0 Å². The number of rotatable bonds is 0. The predicted molar refractivity (Wildman–Crippen MR) is 51.3 cm³/mol. The first-order valence-corrected chi connectivity index (χ1v) is 3.55. The van der Waals surface area contributed by atoms with Gasteiger partial charge in [0.25, 0.3) is 0 Å². The molecule has 0 bridgehead atoms. The fraction of sp³-hybridized carbons (Fsp3) is 0. The van der Waals surface area contributed by atoms with Crippen LogP contribution >= 0.6 is 0 Å². The Bertz CT molecular complexity index is 145. The number of benzene rings is 1. The number of hydrogen-bond donors (Lipinski definition) is 6. The van der Waals surface area contributed by atoms with Gasteiger partial charge in [-0.2, -0.15) is 0 Å². The largest absolute Gasteiger partial charge is 0.631 e. The monoisotopic (exact) mass is 202 g/mol. The maximum atomic E-state index is 7.17. The molecule has 0 spiro atoms. The first kappa shape index (κ1) is 15.6. The van der Waals surface area contributed by atoms with Crippen LogP contribution in [0.15, 0.2) is 36.4 Å². The van der Waals surface area contributed by atoms with E-state index in [9.17, 15) is 0 Å². The van der Waals surface area contributed by atoms with Crippen molar-refractivity contribution in [2.24, 2.45) is 0 Å². The molecule has 0 saturated heterocycles. The Hall–Kier alpha value is -0.890. The van der Waals surface area contributed by atoms with Crippen LogP contribution in [0.1, 0.15) is 0 Å². The zero-order valence-electron chi connectivity index (χ0n) is 7.30. The lowest BCUT2D eigenvalue weighted by atomic mass is 10.3. The van der Waals surface area contributed by atoms with Crippen LogP contribution in [0.3, 0.4) is 0 Å². The molecule has 0 fully saturated rings. The van der Waals surface area contributed by atoms with Gasteiger partial charge in [-0.15, -0.1) is 0 Å². The van der Waals surface area contributed by atoms with Crippen LogP contribution in [0.5, 0.6) is 0 Å². The zero-order chi connectivity index (χ0) is 11.4. The lowest BCUT2D eigenvalue weighted by molar-refractivity contribution is 0.276. The minimum Gasteiger partial charge on any atom is -0.402 e. The quantitative estimate of drug-likeness (QED) is 0.260. The molecular weight excluding hydrogens is 190 g/mol. The third kappa shape index (κ3) is 43.5. The Morgan fingerprint density at radius 2 is 0.500 bits per heavy atom. The van der Waals surface area contributed by atoms with Crippen molar-refractivity contribution in [3.05, 3.63) is 36.4 Å². The molecular formula is C6H12B2O6.